The van der Waals surface area contributed by atoms with Crippen molar-refractivity contribution in [1.82, 2.24) is 5.32 Å². The Balaban J connectivity index is 2.31. The van der Waals surface area contributed by atoms with Crippen LogP contribution in [0.25, 0.3) is 0 Å². The lowest BCUT2D eigenvalue weighted by Gasteiger charge is -2.06. The molecule has 0 saturated heterocycles. The second-order valence-electron chi connectivity index (χ2n) is 4.81. The van der Waals surface area contributed by atoms with Crippen LogP contribution in [0.15, 0.2) is 29.2 Å². The van der Waals surface area contributed by atoms with E-state index in [2.05, 4.69) is 17.4 Å². The number of methoxy groups -OCH3 is 1. The van der Waals surface area contributed by atoms with Crippen LogP contribution in [0.3, 0.4) is 0 Å². The number of rotatable bonds is 11. The third-order valence-corrected chi connectivity index (χ3v) is 6.04. The molecule has 1 rings (SSSR count). The fourth-order valence-corrected chi connectivity index (χ4v) is 4.55. The van der Waals surface area contributed by atoms with E-state index in [1.54, 1.807) is 18.9 Å². The van der Waals surface area contributed by atoms with Crippen LogP contribution in [0.5, 0.6) is 0 Å². The van der Waals surface area contributed by atoms with E-state index in [1.807, 2.05) is 19.1 Å². The Morgan fingerprint density at radius 2 is 1.90 bits per heavy atom. The second-order valence-corrected chi connectivity index (χ2v) is 8.29. The maximum absolute atomic E-state index is 11.6. The summed E-state index contributed by atoms with van der Waals surface area (Å²) in [6, 6.07) is 8.24. The summed E-state index contributed by atoms with van der Waals surface area (Å²) in [6.45, 7) is 4.26. The molecule has 0 aliphatic rings. The van der Waals surface area contributed by atoms with Gasteiger partial charge in [0.25, 0.3) is 0 Å². The van der Waals surface area contributed by atoms with E-state index in [0.717, 1.165) is 18.0 Å². The van der Waals surface area contributed by atoms with Crippen LogP contribution < -0.4 is 5.32 Å². The highest BCUT2D eigenvalue weighted by Gasteiger charge is 2.08. The number of sulfone groups is 1. The Morgan fingerprint density at radius 3 is 2.52 bits per heavy atom. The molecule has 0 aromatic heterocycles. The topological polar surface area (TPSA) is 55.4 Å². The van der Waals surface area contributed by atoms with Gasteiger partial charge in [-0.3, -0.25) is 0 Å². The molecule has 0 fully saturated rings. The van der Waals surface area contributed by atoms with Crippen molar-refractivity contribution in [3.05, 3.63) is 29.8 Å². The highest BCUT2D eigenvalue weighted by atomic mass is 32.2. The summed E-state index contributed by atoms with van der Waals surface area (Å²) in [5.74, 6) is 1.17. The molecule has 0 unspecified atom stereocenters. The number of nitrogens with one attached hydrogen (secondary N) is 1. The lowest BCUT2D eigenvalue weighted by atomic mass is 10.2. The zero-order chi connectivity index (χ0) is 15.6. The first-order valence-corrected chi connectivity index (χ1v) is 10.00. The third-order valence-electron chi connectivity index (χ3n) is 2.91. The molecule has 6 heteroatoms. The summed E-state index contributed by atoms with van der Waals surface area (Å²) < 4.78 is 28.2. The molecule has 1 aromatic carbocycles. The molecule has 0 heterocycles. The molecule has 0 spiro atoms. The molecule has 21 heavy (non-hydrogen) atoms. The average molecular weight is 332 g/mol. The van der Waals surface area contributed by atoms with Crippen molar-refractivity contribution in [3.8, 4) is 0 Å². The van der Waals surface area contributed by atoms with E-state index in [-0.39, 0.29) is 5.75 Å². The third kappa shape index (κ3) is 8.46. The molecule has 1 aromatic rings. The zero-order valence-electron chi connectivity index (χ0n) is 12.8. The van der Waals surface area contributed by atoms with Crippen molar-refractivity contribution < 1.29 is 13.2 Å². The average Bonchev–Trinajstić information content (AvgIpc) is 2.45. The Morgan fingerprint density at radius 1 is 1.19 bits per heavy atom. The number of thioether (sulfide) groups is 1. The molecule has 4 nitrogen and oxygen atoms in total. The fraction of sp³-hybridized carbons (Fsp3) is 0.600. The van der Waals surface area contributed by atoms with Crippen molar-refractivity contribution >= 4 is 21.6 Å². The van der Waals surface area contributed by atoms with Gasteiger partial charge < -0.3 is 10.1 Å². The van der Waals surface area contributed by atoms with Crippen LogP contribution in [-0.2, 0) is 21.1 Å². The molecule has 0 atom stereocenters. The van der Waals surface area contributed by atoms with Gasteiger partial charge in [-0.15, -0.1) is 11.8 Å². The Kier molecular flexibility index (Phi) is 8.99. The minimum absolute atomic E-state index is 0.256. The van der Waals surface area contributed by atoms with Crippen molar-refractivity contribution in [2.75, 3.05) is 37.5 Å². The van der Waals surface area contributed by atoms with Crippen LogP contribution in [0.1, 0.15) is 18.9 Å². The van der Waals surface area contributed by atoms with Crippen LogP contribution in [0, 0.1) is 0 Å². The number of hydrogen-bond acceptors (Lipinski definition) is 5. The first-order valence-electron chi connectivity index (χ1n) is 7.19. The van der Waals surface area contributed by atoms with Gasteiger partial charge in [0, 0.05) is 36.6 Å². The summed E-state index contributed by atoms with van der Waals surface area (Å²) in [7, 11) is -1.18. The Bertz CT molecular complexity index is 486. The summed E-state index contributed by atoms with van der Waals surface area (Å²) in [6.07, 6.45) is 0.692. The minimum Gasteiger partial charge on any atom is -0.383 e. The van der Waals surface area contributed by atoms with E-state index >= 15 is 0 Å². The predicted molar refractivity (Wildman–Crippen MR) is 89.7 cm³/mol. The SMILES string of the molecule is CCCS(=O)(=O)CCSc1ccc(CNCCOC)cc1. The first-order chi connectivity index (χ1) is 10.1. The standard InChI is InChI=1S/C15H25NO3S2/c1-3-11-21(17,18)12-10-20-15-6-4-14(5-7-15)13-16-8-9-19-2/h4-7,16H,3,8-13H2,1-2H3. The monoisotopic (exact) mass is 331 g/mol. The Hall–Kier alpha value is -0.560. The fourth-order valence-electron chi connectivity index (χ4n) is 1.81. The highest BCUT2D eigenvalue weighted by Crippen LogP contribution is 2.19. The second kappa shape index (κ2) is 10.2. The van der Waals surface area contributed by atoms with Gasteiger partial charge in [0.1, 0.15) is 0 Å². The van der Waals surface area contributed by atoms with Gasteiger partial charge in [-0.05, 0) is 24.1 Å². The maximum atomic E-state index is 11.6. The van der Waals surface area contributed by atoms with Crippen molar-refractivity contribution in [2.24, 2.45) is 0 Å². The maximum Gasteiger partial charge on any atom is 0.151 e. The molecule has 120 valence electrons. The van der Waals surface area contributed by atoms with Crippen molar-refractivity contribution in [3.63, 3.8) is 0 Å². The van der Waals surface area contributed by atoms with Crippen LogP contribution in [0.4, 0.5) is 0 Å². The van der Waals surface area contributed by atoms with Crippen LogP contribution in [-0.4, -0.2) is 45.9 Å². The molecule has 0 saturated carbocycles. The van der Waals surface area contributed by atoms with E-state index in [4.69, 9.17) is 4.74 Å². The van der Waals surface area contributed by atoms with Gasteiger partial charge in [-0.2, -0.15) is 0 Å². The molecular formula is C15H25NO3S2. The van der Waals surface area contributed by atoms with Gasteiger partial charge in [0.2, 0.25) is 0 Å². The van der Waals surface area contributed by atoms with Gasteiger partial charge >= 0.3 is 0 Å². The highest BCUT2D eigenvalue weighted by molar-refractivity contribution is 8.00. The van der Waals surface area contributed by atoms with Gasteiger partial charge in [0.15, 0.2) is 9.84 Å². The minimum atomic E-state index is -2.87. The van der Waals surface area contributed by atoms with E-state index in [1.165, 1.54) is 5.56 Å². The quantitative estimate of drug-likeness (QED) is 0.498. The molecule has 0 bridgehead atoms. The van der Waals surface area contributed by atoms with Crippen molar-refractivity contribution in [1.29, 1.82) is 0 Å². The molecule has 0 aliphatic carbocycles. The summed E-state index contributed by atoms with van der Waals surface area (Å²) in [4.78, 5) is 1.11. The molecular weight excluding hydrogens is 306 g/mol. The normalized spacial score (nSPS) is 11.7. The summed E-state index contributed by atoms with van der Waals surface area (Å²) in [5.41, 5.74) is 1.22. The number of hydrogen-bond donors (Lipinski definition) is 1. The zero-order valence-corrected chi connectivity index (χ0v) is 14.4. The number of benzene rings is 1. The molecule has 1 N–H and O–H groups in total. The van der Waals surface area contributed by atoms with Gasteiger partial charge in [-0.25, -0.2) is 8.42 Å². The molecule has 0 aliphatic heterocycles. The van der Waals surface area contributed by atoms with Crippen LogP contribution in [0.2, 0.25) is 0 Å². The Labute approximate surface area is 132 Å². The summed E-state index contributed by atoms with van der Waals surface area (Å²) in [5, 5.41) is 3.29. The first kappa shape index (κ1) is 18.5. The van der Waals surface area contributed by atoms with E-state index in [0.29, 0.717) is 24.5 Å². The molecule has 0 radical (unpaired) electrons. The lowest BCUT2D eigenvalue weighted by molar-refractivity contribution is 0.199. The van der Waals surface area contributed by atoms with Gasteiger partial charge in [-0.1, -0.05) is 19.1 Å². The van der Waals surface area contributed by atoms with Gasteiger partial charge in [0.05, 0.1) is 12.4 Å². The lowest BCUT2D eigenvalue weighted by Crippen LogP contribution is -2.18. The summed E-state index contributed by atoms with van der Waals surface area (Å²) >= 11 is 1.59. The molecule has 0 amide bonds. The largest absolute Gasteiger partial charge is 0.383 e. The predicted octanol–water partition coefficient (Wildman–Crippen LogP) is 2.34. The van der Waals surface area contributed by atoms with E-state index < -0.39 is 9.84 Å². The van der Waals surface area contributed by atoms with Crippen LogP contribution >= 0.6 is 11.8 Å². The number of ether oxygens (including phenoxy) is 1. The van der Waals surface area contributed by atoms with Crippen molar-refractivity contribution in [2.45, 2.75) is 24.8 Å². The van der Waals surface area contributed by atoms with E-state index in [9.17, 15) is 8.42 Å². The smallest absolute Gasteiger partial charge is 0.151 e.